The lowest BCUT2D eigenvalue weighted by atomic mass is 9.46. The van der Waals surface area contributed by atoms with Gasteiger partial charge >= 0.3 is 0 Å². The smallest absolute Gasteiger partial charge is 0.233 e. The molecule has 1 saturated heterocycles. The molecule has 7 nitrogen and oxygen atoms in total. The molecule has 212 valence electrons. The number of hydrogen-bond donors (Lipinski definition) is 1. The van der Waals surface area contributed by atoms with Crippen LogP contribution in [-0.4, -0.2) is 46.0 Å². The highest BCUT2D eigenvalue weighted by atomic mass is 16.5. The van der Waals surface area contributed by atoms with Gasteiger partial charge in [-0.3, -0.25) is 24.1 Å². The fourth-order valence-electron chi connectivity index (χ4n) is 8.66. The van der Waals surface area contributed by atoms with E-state index >= 15 is 0 Å². The number of phenolic OH excluding ortho intramolecular Hbond substituents is 1. The molecule has 2 saturated carbocycles. The zero-order chi connectivity index (χ0) is 28.5. The summed E-state index contributed by atoms with van der Waals surface area (Å²) < 4.78 is 5.70. The van der Waals surface area contributed by atoms with Crippen LogP contribution < -0.4 is 4.74 Å². The van der Waals surface area contributed by atoms with Crippen molar-refractivity contribution in [2.24, 2.45) is 29.1 Å². The molecular weight excluding hydrogens is 506 g/mol. The Hall–Kier alpha value is -3.22. The van der Waals surface area contributed by atoms with Crippen LogP contribution >= 0.6 is 0 Å². The van der Waals surface area contributed by atoms with Gasteiger partial charge in [0.2, 0.25) is 11.8 Å². The van der Waals surface area contributed by atoms with Crippen molar-refractivity contribution in [3.8, 4) is 11.5 Å². The number of hydrogen-bond acceptors (Lipinski definition) is 6. The second kappa shape index (κ2) is 9.71. The lowest BCUT2D eigenvalue weighted by Crippen LogP contribution is -2.55. The first-order chi connectivity index (χ1) is 19.1. The van der Waals surface area contributed by atoms with Gasteiger partial charge < -0.3 is 9.84 Å². The van der Waals surface area contributed by atoms with Gasteiger partial charge in [-0.05, 0) is 81.2 Å². The third-order valence-electron chi connectivity index (χ3n) is 10.8. The lowest BCUT2D eigenvalue weighted by molar-refractivity contribution is -0.144. The van der Waals surface area contributed by atoms with Gasteiger partial charge in [-0.1, -0.05) is 43.9 Å². The number of carbonyl (C=O) groups is 4. The standard InChI is InChI=1S/C33H39NO6/c1-5-40-26-15-19(11-14-25(26)35)28-21-12-13-22-27(32(39)34(31(22)38)20-9-7-6-8-10-20)23(21)16-24-29(36)17(2)18(3)30(37)33(24,28)4/h11-12,14-15,20,22-24,27-28,35H,5-10,13,16H2,1-4H3/t22-,23+,24-,27-,28-,33+/m0/s1. The summed E-state index contributed by atoms with van der Waals surface area (Å²) in [6.07, 6.45) is 7.81. The Morgan fingerprint density at radius 3 is 2.42 bits per heavy atom. The van der Waals surface area contributed by atoms with Crippen molar-refractivity contribution in [3.63, 3.8) is 0 Å². The molecule has 6 rings (SSSR count). The molecule has 7 heteroatoms. The predicted molar refractivity (Wildman–Crippen MR) is 149 cm³/mol. The van der Waals surface area contributed by atoms with Gasteiger partial charge in [0.1, 0.15) is 0 Å². The van der Waals surface area contributed by atoms with E-state index in [9.17, 15) is 24.3 Å². The van der Waals surface area contributed by atoms with Gasteiger partial charge in [0.25, 0.3) is 0 Å². The topological polar surface area (TPSA) is 101 Å². The van der Waals surface area contributed by atoms with E-state index in [0.717, 1.165) is 43.2 Å². The molecule has 1 aliphatic heterocycles. The molecule has 3 fully saturated rings. The van der Waals surface area contributed by atoms with Crippen LogP contribution in [0.4, 0.5) is 0 Å². The van der Waals surface area contributed by atoms with Crippen LogP contribution in [0.5, 0.6) is 11.5 Å². The lowest BCUT2D eigenvalue weighted by Gasteiger charge is -2.54. The van der Waals surface area contributed by atoms with Gasteiger partial charge in [-0.15, -0.1) is 0 Å². The molecular formula is C33H39NO6. The quantitative estimate of drug-likeness (QED) is 0.409. The average molecular weight is 546 g/mol. The first kappa shape index (κ1) is 27.0. The minimum Gasteiger partial charge on any atom is -0.504 e. The van der Waals surface area contributed by atoms with Gasteiger partial charge in [0.15, 0.2) is 23.1 Å². The van der Waals surface area contributed by atoms with E-state index in [1.807, 2.05) is 13.8 Å². The largest absolute Gasteiger partial charge is 0.504 e. The number of imide groups is 1. The van der Waals surface area contributed by atoms with E-state index in [4.69, 9.17) is 4.74 Å². The van der Waals surface area contributed by atoms with Crippen molar-refractivity contribution in [2.45, 2.75) is 84.6 Å². The van der Waals surface area contributed by atoms with Gasteiger partial charge in [0.05, 0.1) is 23.9 Å². The predicted octanol–water partition coefficient (Wildman–Crippen LogP) is 5.27. The number of likely N-dealkylation sites (tertiary alicyclic amines) is 1. The van der Waals surface area contributed by atoms with Crippen LogP contribution in [0.1, 0.15) is 84.1 Å². The summed E-state index contributed by atoms with van der Waals surface area (Å²) in [6, 6.07) is 5.11. The number of rotatable bonds is 4. The molecule has 0 radical (unpaired) electrons. The van der Waals surface area contributed by atoms with Crippen molar-refractivity contribution in [3.05, 3.63) is 46.6 Å². The summed E-state index contributed by atoms with van der Waals surface area (Å²) in [7, 11) is 0. The number of aromatic hydroxyl groups is 1. The zero-order valence-electron chi connectivity index (χ0n) is 23.9. The Balaban J connectivity index is 1.49. The van der Waals surface area contributed by atoms with E-state index in [1.54, 1.807) is 36.9 Å². The number of amides is 2. The zero-order valence-corrected chi connectivity index (χ0v) is 23.9. The minimum atomic E-state index is -1.05. The number of ether oxygens (including phenoxy) is 1. The number of nitrogens with zero attached hydrogens (tertiary/aromatic N) is 1. The van der Waals surface area contributed by atoms with Crippen LogP contribution in [0.15, 0.2) is 41.0 Å². The van der Waals surface area contributed by atoms with Crippen molar-refractivity contribution in [1.82, 2.24) is 4.90 Å². The highest BCUT2D eigenvalue weighted by Crippen LogP contribution is 2.63. The second-order valence-corrected chi connectivity index (χ2v) is 12.6. The number of Topliss-reactive ketones (excluding diaryl/α,β-unsaturated/α-hetero) is 2. The highest BCUT2D eigenvalue weighted by Gasteiger charge is 2.64. The van der Waals surface area contributed by atoms with Crippen LogP contribution in [0.3, 0.4) is 0 Å². The third-order valence-corrected chi connectivity index (χ3v) is 10.8. The number of ketones is 2. The van der Waals surface area contributed by atoms with Gasteiger partial charge in [-0.25, -0.2) is 0 Å². The molecule has 0 spiro atoms. The molecule has 5 aliphatic rings. The molecule has 6 atom stereocenters. The normalized spacial score (nSPS) is 34.5. The SMILES string of the molecule is CCOc1cc([C@H]2C3=CC[C@@H]4C(=O)N(C5CCCCC5)C(=O)[C@@H]4[C@@H]3C[C@H]3C(=O)C(C)=C(C)C(=O)[C@@]23C)ccc1O. The number of phenols is 1. The van der Waals surface area contributed by atoms with Crippen molar-refractivity contribution >= 4 is 23.4 Å². The molecule has 1 heterocycles. The fraction of sp³-hybridized carbons (Fsp3) is 0.576. The molecule has 4 aliphatic carbocycles. The summed E-state index contributed by atoms with van der Waals surface area (Å²) >= 11 is 0. The van der Waals surface area contributed by atoms with Crippen molar-refractivity contribution < 1.29 is 29.0 Å². The molecule has 0 aromatic heterocycles. The summed E-state index contributed by atoms with van der Waals surface area (Å²) in [5, 5.41) is 10.4. The number of benzene rings is 1. The van der Waals surface area contributed by atoms with E-state index in [2.05, 4.69) is 6.08 Å². The average Bonchev–Trinajstić information content (AvgIpc) is 3.21. The number of carbonyl (C=O) groups excluding carboxylic acids is 4. The first-order valence-electron chi connectivity index (χ1n) is 14.9. The summed E-state index contributed by atoms with van der Waals surface area (Å²) in [5.41, 5.74) is 1.67. The maximum atomic E-state index is 14.1. The Bertz CT molecular complexity index is 1370. The van der Waals surface area contributed by atoms with Crippen LogP contribution in [0.2, 0.25) is 0 Å². The summed E-state index contributed by atoms with van der Waals surface area (Å²) in [6.45, 7) is 7.55. The Morgan fingerprint density at radius 2 is 1.73 bits per heavy atom. The summed E-state index contributed by atoms with van der Waals surface area (Å²) in [4.78, 5) is 57.4. The highest BCUT2D eigenvalue weighted by molar-refractivity contribution is 6.16. The van der Waals surface area contributed by atoms with Crippen molar-refractivity contribution in [1.29, 1.82) is 0 Å². The van der Waals surface area contributed by atoms with E-state index in [0.29, 0.717) is 36.3 Å². The van der Waals surface area contributed by atoms with E-state index in [1.165, 1.54) is 0 Å². The Morgan fingerprint density at radius 1 is 1.00 bits per heavy atom. The summed E-state index contributed by atoms with van der Waals surface area (Å²) in [5.74, 6) is -2.25. The van der Waals surface area contributed by atoms with Gasteiger partial charge in [-0.2, -0.15) is 0 Å². The van der Waals surface area contributed by atoms with E-state index < -0.39 is 29.1 Å². The molecule has 40 heavy (non-hydrogen) atoms. The molecule has 1 aromatic carbocycles. The fourth-order valence-corrected chi connectivity index (χ4v) is 8.66. The van der Waals surface area contributed by atoms with Gasteiger partial charge in [0, 0.05) is 17.9 Å². The Labute approximate surface area is 235 Å². The maximum absolute atomic E-state index is 14.1. The van der Waals surface area contributed by atoms with Crippen LogP contribution in [-0.2, 0) is 19.2 Å². The Kier molecular flexibility index (Phi) is 6.54. The third kappa shape index (κ3) is 3.68. The van der Waals surface area contributed by atoms with E-state index in [-0.39, 0.29) is 41.1 Å². The van der Waals surface area contributed by atoms with Crippen molar-refractivity contribution in [2.75, 3.05) is 6.61 Å². The van der Waals surface area contributed by atoms with Crippen LogP contribution in [0.25, 0.3) is 0 Å². The first-order valence-corrected chi connectivity index (χ1v) is 14.9. The molecule has 2 amide bonds. The molecule has 1 aromatic rings. The monoisotopic (exact) mass is 545 g/mol. The van der Waals surface area contributed by atoms with Crippen LogP contribution in [0, 0.1) is 29.1 Å². The molecule has 0 bridgehead atoms. The number of fused-ring (bicyclic) bond motifs is 4. The second-order valence-electron chi connectivity index (χ2n) is 12.6. The molecule has 0 unspecified atom stereocenters. The molecule has 1 N–H and O–H groups in total. The number of allylic oxidation sites excluding steroid dienone is 4. The maximum Gasteiger partial charge on any atom is 0.233 e. The minimum absolute atomic E-state index is 0.00927.